The van der Waals surface area contributed by atoms with E-state index in [0.717, 1.165) is 24.2 Å². The van der Waals surface area contributed by atoms with Crippen molar-refractivity contribution in [3.05, 3.63) is 41.5 Å². The molecule has 0 fully saturated rings. The molecule has 0 aliphatic carbocycles. The van der Waals surface area contributed by atoms with E-state index in [1.165, 1.54) is 6.33 Å². The number of H-pyrrole nitrogens is 1. The van der Waals surface area contributed by atoms with Crippen molar-refractivity contribution < 1.29 is 8.42 Å². The van der Waals surface area contributed by atoms with E-state index in [-0.39, 0.29) is 6.54 Å². The second kappa shape index (κ2) is 5.31. The van der Waals surface area contributed by atoms with Gasteiger partial charge in [0.15, 0.2) is 0 Å². The van der Waals surface area contributed by atoms with Crippen molar-refractivity contribution in [1.29, 1.82) is 0 Å². The number of aromatic nitrogens is 3. The van der Waals surface area contributed by atoms with Gasteiger partial charge >= 0.3 is 0 Å². The van der Waals surface area contributed by atoms with Crippen LogP contribution >= 0.6 is 0 Å². The third-order valence-electron chi connectivity index (χ3n) is 3.24. The first-order valence-corrected chi connectivity index (χ1v) is 7.80. The Hall–Kier alpha value is -1.77. The van der Waals surface area contributed by atoms with E-state index in [9.17, 15) is 8.42 Å². The van der Waals surface area contributed by atoms with E-state index in [4.69, 9.17) is 0 Å². The van der Waals surface area contributed by atoms with E-state index in [0.29, 0.717) is 17.1 Å². The van der Waals surface area contributed by atoms with Crippen LogP contribution in [0.2, 0.25) is 0 Å². The number of sulfonamides is 1. The highest BCUT2D eigenvalue weighted by molar-refractivity contribution is 7.89. The van der Waals surface area contributed by atoms with Gasteiger partial charge in [0.1, 0.15) is 12.2 Å². The Morgan fingerprint density at radius 2 is 2.10 bits per heavy atom. The van der Waals surface area contributed by atoms with E-state index >= 15 is 0 Å². The Morgan fingerprint density at radius 1 is 1.25 bits per heavy atom. The summed E-state index contributed by atoms with van der Waals surface area (Å²) in [6.45, 7) is 1.80. The van der Waals surface area contributed by atoms with Crippen molar-refractivity contribution in [2.24, 2.45) is 0 Å². The largest absolute Gasteiger partial charge is 0.309 e. The van der Waals surface area contributed by atoms with Gasteiger partial charge in [0, 0.05) is 26.1 Å². The molecule has 3 N–H and O–H groups in total. The van der Waals surface area contributed by atoms with Crippen LogP contribution in [0, 0.1) is 0 Å². The zero-order chi connectivity index (χ0) is 14.0. The van der Waals surface area contributed by atoms with Crippen LogP contribution in [0.3, 0.4) is 0 Å². The van der Waals surface area contributed by atoms with Crippen LogP contribution < -0.4 is 10.0 Å². The quantitative estimate of drug-likeness (QED) is 0.716. The van der Waals surface area contributed by atoms with Crippen LogP contribution in [0.15, 0.2) is 29.4 Å². The van der Waals surface area contributed by atoms with Gasteiger partial charge in [-0.25, -0.2) is 18.1 Å². The summed E-state index contributed by atoms with van der Waals surface area (Å²) >= 11 is 0. The van der Waals surface area contributed by atoms with Gasteiger partial charge < -0.3 is 5.32 Å². The molecule has 0 spiro atoms. The molecular formula is C12H15N5O2S. The number of fused-ring (bicyclic) bond motifs is 1. The zero-order valence-electron chi connectivity index (χ0n) is 10.8. The summed E-state index contributed by atoms with van der Waals surface area (Å²) in [5, 5.41) is 9.60. The number of nitrogens with one attached hydrogen (secondary N) is 3. The molecule has 20 heavy (non-hydrogen) atoms. The second-order valence-electron chi connectivity index (χ2n) is 4.61. The summed E-state index contributed by atoms with van der Waals surface area (Å²) in [4.78, 5) is 4.25. The van der Waals surface area contributed by atoms with Crippen LogP contribution in [0.1, 0.15) is 17.0 Å². The zero-order valence-corrected chi connectivity index (χ0v) is 11.6. The molecule has 7 nitrogen and oxygen atoms in total. The van der Waals surface area contributed by atoms with Crippen molar-refractivity contribution in [2.75, 3.05) is 6.54 Å². The van der Waals surface area contributed by atoms with E-state index in [1.807, 2.05) is 6.07 Å². The Bertz CT molecular complexity index is 697. The van der Waals surface area contributed by atoms with E-state index in [2.05, 4.69) is 25.2 Å². The third-order valence-corrected chi connectivity index (χ3v) is 4.70. The highest BCUT2D eigenvalue weighted by Crippen LogP contribution is 2.19. The Labute approximate surface area is 116 Å². The summed E-state index contributed by atoms with van der Waals surface area (Å²) in [6, 6.07) is 5.23. The standard InChI is InChI=1S/C12H15N5O2S/c18-20(19,16-4-3-12-14-8-15-17-12)11-2-1-9-6-13-7-10(9)5-11/h1-2,5,8,13,16H,3-4,6-7H2,(H,14,15,17). The van der Waals surface area contributed by atoms with Gasteiger partial charge in [0.2, 0.25) is 10.0 Å². The van der Waals surface area contributed by atoms with Gasteiger partial charge in [0.25, 0.3) is 0 Å². The number of benzene rings is 1. The normalized spacial score (nSPS) is 14.4. The SMILES string of the molecule is O=S(=O)(NCCc1ncn[nH]1)c1ccc2c(c1)CNC2. The van der Waals surface area contributed by atoms with Crippen LogP contribution in [-0.2, 0) is 29.5 Å². The van der Waals surface area contributed by atoms with Gasteiger partial charge in [0.05, 0.1) is 4.90 Å². The first kappa shape index (κ1) is 13.2. The molecule has 8 heteroatoms. The Balaban J connectivity index is 1.68. The summed E-state index contributed by atoms with van der Waals surface area (Å²) < 4.78 is 26.9. The molecule has 1 aliphatic heterocycles. The van der Waals surface area contributed by atoms with Crippen molar-refractivity contribution >= 4 is 10.0 Å². The second-order valence-corrected chi connectivity index (χ2v) is 6.38. The molecule has 0 amide bonds. The fourth-order valence-corrected chi connectivity index (χ4v) is 3.26. The maximum absolute atomic E-state index is 12.2. The van der Waals surface area contributed by atoms with Crippen LogP contribution in [0.25, 0.3) is 0 Å². The third kappa shape index (κ3) is 2.72. The summed E-state index contributed by atoms with van der Waals surface area (Å²) in [5.41, 5.74) is 2.20. The first-order valence-electron chi connectivity index (χ1n) is 6.31. The van der Waals surface area contributed by atoms with E-state index < -0.39 is 10.0 Å². The maximum atomic E-state index is 12.2. The molecule has 0 saturated heterocycles. The van der Waals surface area contributed by atoms with Crippen molar-refractivity contribution in [3.8, 4) is 0 Å². The summed E-state index contributed by atoms with van der Waals surface area (Å²) in [5.74, 6) is 0.658. The number of rotatable bonds is 5. The highest BCUT2D eigenvalue weighted by atomic mass is 32.2. The summed E-state index contributed by atoms with van der Waals surface area (Å²) in [7, 11) is -3.47. The van der Waals surface area contributed by atoms with Crippen LogP contribution in [-0.4, -0.2) is 30.1 Å². The molecule has 1 aromatic carbocycles. The first-order chi connectivity index (χ1) is 9.65. The average Bonchev–Trinajstić information content (AvgIpc) is 3.08. The number of hydrogen-bond donors (Lipinski definition) is 3. The van der Waals surface area contributed by atoms with Crippen LogP contribution in [0.4, 0.5) is 0 Å². The van der Waals surface area contributed by atoms with E-state index in [1.54, 1.807) is 12.1 Å². The minimum atomic E-state index is -3.47. The van der Waals surface area contributed by atoms with Gasteiger partial charge in [-0.05, 0) is 23.3 Å². The lowest BCUT2D eigenvalue weighted by Crippen LogP contribution is -2.26. The Morgan fingerprint density at radius 3 is 2.90 bits per heavy atom. The predicted molar refractivity (Wildman–Crippen MR) is 72.3 cm³/mol. The maximum Gasteiger partial charge on any atom is 0.240 e. The molecule has 2 heterocycles. The Kier molecular flexibility index (Phi) is 3.51. The highest BCUT2D eigenvalue weighted by Gasteiger charge is 2.17. The fourth-order valence-electron chi connectivity index (χ4n) is 2.18. The molecule has 0 radical (unpaired) electrons. The molecule has 2 aromatic rings. The molecule has 3 rings (SSSR count). The van der Waals surface area contributed by atoms with Crippen LogP contribution in [0.5, 0.6) is 0 Å². The lowest BCUT2D eigenvalue weighted by Gasteiger charge is -2.07. The minimum Gasteiger partial charge on any atom is -0.309 e. The molecule has 0 saturated carbocycles. The molecule has 106 valence electrons. The molecule has 0 unspecified atom stereocenters. The summed E-state index contributed by atoms with van der Waals surface area (Å²) in [6.07, 6.45) is 1.88. The number of aromatic amines is 1. The smallest absolute Gasteiger partial charge is 0.240 e. The number of hydrogen-bond acceptors (Lipinski definition) is 5. The monoisotopic (exact) mass is 293 g/mol. The van der Waals surface area contributed by atoms with Gasteiger partial charge in [-0.15, -0.1) is 0 Å². The van der Waals surface area contributed by atoms with Gasteiger partial charge in [-0.2, -0.15) is 5.10 Å². The fraction of sp³-hybridized carbons (Fsp3) is 0.333. The molecule has 1 aliphatic rings. The predicted octanol–water partition coefficient (Wildman–Crippen LogP) is -0.0711. The lowest BCUT2D eigenvalue weighted by atomic mass is 10.1. The van der Waals surface area contributed by atoms with Gasteiger partial charge in [-0.1, -0.05) is 6.07 Å². The van der Waals surface area contributed by atoms with Crippen molar-refractivity contribution in [2.45, 2.75) is 24.4 Å². The van der Waals surface area contributed by atoms with Gasteiger partial charge in [-0.3, -0.25) is 5.10 Å². The molecule has 0 bridgehead atoms. The molecular weight excluding hydrogens is 278 g/mol. The topological polar surface area (TPSA) is 99.8 Å². The molecule has 0 atom stereocenters. The molecule has 1 aromatic heterocycles. The lowest BCUT2D eigenvalue weighted by molar-refractivity contribution is 0.580. The van der Waals surface area contributed by atoms with Crippen molar-refractivity contribution in [1.82, 2.24) is 25.2 Å². The average molecular weight is 293 g/mol. The number of nitrogens with zero attached hydrogens (tertiary/aromatic N) is 2. The minimum absolute atomic E-state index is 0.285. The van der Waals surface area contributed by atoms with Crippen molar-refractivity contribution in [3.63, 3.8) is 0 Å².